The highest BCUT2D eigenvalue weighted by atomic mass is 35.5. The molecule has 0 radical (unpaired) electrons. The van der Waals surface area contributed by atoms with Crippen molar-refractivity contribution in [2.45, 2.75) is 13.0 Å². The summed E-state index contributed by atoms with van der Waals surface area (Å²) in [5, 5.41) is 5.50. The molecule has 0 spiro atoms. The molecular formula is C13H15ClFN5O. The minimum absolute atomic E-state index is 0. The lowest BCUT2D eigenvalue weighted by molar-refractivity contribution is -0.117. The summed E-state index contributed by atoms with van der Waals surface area (Å²) >= 11 is 0. The second-order valence-corrected chi connectivity index (χ2v) is 4.18. The number of anilines is 3. The zero-order chi connectivity index (χ0) is 14.5. The Bertz CT molecular complexity index is 609. The van der Waals surface area contributed by atoms with E-state index in [1.54, 1.807) is 6.92 Å². The van der Waals surface area contributed by atoms with Crippen LogP contribution in [0.2, 0.25) is 0 Å². The molecule has 8 heteroatoms. The molecule has 2 aromatic rings. The van der Waals surface area contributed by atoms with E-state index in [0.29, 0.717) is 17.2 Å². The summed E-state index contributed by atoms with van der Waals surface area (Å²) in [6.45, 7) is 1.56. The van der Waals surface area contributed by atoms with Crippen LogP contribution in [0.3, 0.4) is 0 Å². The molecule has 0 saturated heterocycles. The lowest BCUT2D eigenvalue weighted by Crippen LogP contribution is -2.32. The van der Waals surface area contributed by atoms with Crippen molar-refractivity contribution in [1.29, 1.82) is 0 Å². The van der Waals surface area contributed by atoms with Crippen LogP contribution in [0.4, 0.5) is 21.6 Å². The first kappa shape index (κ1) is 16.8. The largest absolute Gasteiger partial charge is 0.337 e. The molecule has 4 N–H and O–H groups in total. The number of halogens is 2. The van der Waals surface area contributed by atoms with Crippen LogP contribution < -0.4 is 16.4 Å². The van der Waals surface area contributed by atoms with Gasteiger partial charge in [0, 0.05) is 12.4 Å². The maximum Gasteiger partial charge on any atom is 0.241 e. The van der Waals surface area contributed by atoms with Gasteiger partial charge in [-0.15, -0.1) is 12.4 Å². The summed E-state index contributed by atoms with van der Waals surface area (Å²) in [4.78, 5) is 19.5. The Morgan fingerprint density at radius 1 is 1.33 bits per heavy atom. The van der Waals surface area contributed by atoms with E-state index in [4.69, 9.17) is 5.73 Å². The van der Waals surface area contributed by atoms with Crippen LogP contribution in [-0.2, 0) is 4.79 Å². The highest BCUT2D eigenvalue weighted by Crippen LogP contribution is 2.25. The molecule has 1 aromatic carbocycles. The molecule has 1 unspecified atom stereocenters. The highest BCUT2D eigenvalue weighted by molar-refractivity contribution is 5.97. The van der Waals surface area contributed by atoms with E-state index < -0.39 is 11.9 Å². The predicted octanol–water partition coefficient (Wildman–Crippen LogP) is 2.07. The van der Waals surface area contributed by atoms with Crippen molar-refractivity contribution in [3.63, 3.8) is 0 Å². The fourth-order valence-corrected chi connectivity index (χ4v) is 1.48. The highest BCUT2D eigenvalue weighted by Gasteiger charge is 2.11. The first-order valence-electron chi connectivity index (χ1n) is 5.95. The number of hydrogen-bond acceptors (Lipinski definition) is 5. The summed E-state index contributed by atoms with van der Waals surface area (Å²) < 4.78 is 13.3. The smallest absolute Gasteiger partial charge is 0.241 e. The number of carbonyl (C=O) groups is 1. The van der Waals surface area contributed by atoms with Crippen LogP contribution in [0.15, 0.2) is 36.8 Å². The molecule has 1 aromatic heterocycles. The van der Waals surface area contributed by atoms with Gasteiger partial charge in [0.05, 0.1) is 23.6 Å². The van der Waals surface area contributed by atoms with Crippen molar-refractivity contribution in [1.82, 2.24) is 9.97 Å². The van der Waals surface area contributed by atoms with Gasteiger partial charge in [0.2, 0.25) is 5.91 Å². The minimum Gasteiger partial charge on any atom is -0.337 e. The number of carbonyl (C=O) groups excluding carboxylic acids is 1. The van der Waals surface area contributed by atoms with E-state index in [1.165, 1.54) is 36.8 Å². The number of nitrogens with two attached hydrogens (primary N) is 1. The second-order valence-electron chi connectivity index (χ2n) is 4.18. The monoisotopic (exact) mass is 311 g/mol. The van der Waals surface area contributed by atoms with Crippen LogP contribution in [0.25, 0.3) is 0 Å². The molecular weight excluding hydrogens is 297 g/mol. The number of rotatable bonds is 4. The zero-order valence-electron chi connectivity index (χ0n) is 11.2. The van der Waals surface area contributed by atoms with E-state index in [1.807, 2.05) is 0 Å². The number of hydrogen-bond donors (Lipinski definition) is 3. The molecule has 21 heavy (non-hydrogen) atoms. The van der Waals surface area contributed by atoms with E-state index in [9.17, 15) is 9.18 Å². The SMILES string of the molecule is CC(N)C(=O)Nc1ccc(F)cc1Nc1cnccn1.Cl. The molecule has 0 saturated carbocycles. The quantitative estimate of drug-likeness (QED) is 0.803. The Labute approximate surface area is 127 Å². The third-order valence-corrected chi connectivity index (χ3v) is 2.48. The van der Waals surface area contributed by atoms with E-state index in [2.05, 4.69) is 20.6 Å². The second kappa shape index (κ2) is 7.51. The maximum absolute atomic E-state index is 13.3. The van der Waals surface area contributed by atoms with Crippen molar-refractivity contribution >= 4 is 35.5 Å². The van der Waals surface area contributed by atoms with Gasteiger partial charge in [-0.1, -0.05) is 0 Å². The Hall–Kier alpha value is -2.25. The number of amides is 1. The lowest BCUT2D eigenvalue weighted by atomic mass is 10.2. The van der Waals surface area contributed by atoms with Crippen molar-refractivity contribution in [3.05, 3.63) is 42.6 Å². The van der Waals surface area contributed by atoms with Gasteiger partial charge in [-0.3, -0.25) is 9.78 Å². The normalized spacial score (nSPS) is 11.2. The third kappa shape index (κ3) is 4.66. The Balaban J connectivity index is 0.00000220. The molecule has 1 amide bonds. The van der Waals surface area contributed by atoms with Gasteiger partial charge in [0.1, 0.15) is 11.6 Å². The molecule has 0 aliphatic heterocycles. The fourth-order valence-electron chi connectivity index (χ4n) is 1.48. The van der Waals surface area contributed by atoms with Crippen LogP contribution in [0, 0.1) is 5.82 Å². The van der Waals surface area contributed by atoms with Crippen molar-refractivity contribution in [2.75, 3.05) is 10.6 Å². The van der Waals surface area contributed by atoms with Crippen LogP contribution in [0.5, 0.6) is 0 Å². The van der Waals surface area contributed by atoms with Gasteiger partial charge in [-0.05, 0) is 25.1 Å². The first-order chi connectivity index (χ1) is 9.56. The zero-order valence-corrected chi connectivity index (χ0v) is 12.0. The summed E-state index contributed by atoms with van der Waals surface area (Å²) in [5.41, 5.74) is 6.28. The average molecular weight is 312 g/mol. The topological polar surface area (TPSA) is 92.9 Å². The van der Waals surface area contributed by atoms with Gasteiger partial charge in [0.25, 0.3) is 0 Å². The van der Waals surface area contributed by atoms with Crippen LogP contribution >= 0.6 is 12.4 Å². The van der Waals surface area contributed by atoms with Gasteiger partial charge < -0.3 is 16.4 Å². The molecule has 2 rings (SSSR count). The molecule has 112 valence electrons. The molecule has 6 nitrogen and oxygen atoms in total. The fraction of sp³-hybridized carbons (Fsp3) is 0.154. The summed E-state index contributed by atoms with van der Waals surface area (Å²) in [7, 11) is 0. The Morgan fingerprint density at radius 2 is 2.10 bits per heavy atom. The van der Waals surface area contributed by atoms with Crippen molar-refractivity contribution < 1.29 is 9.18 Å². The maximum atomic E-state index is 13.3. The van der Waals surface area contributed by atoms with E-state index in [0.717, 1.165) is 0 Å². The van der Waals surface area contributed by atoms with Crippen LogP contribution in [0.1, 0.15) is 6.92 Å². The van der Waals surface area contributed by atoms with Gasteiger partial charge >= 0.3 is 0 Å². The summed E-state index contributed by atoms with van der Waals surface area (Å²) in [5.74, 6) is -0.358. The summed E-state index contributed by atoms with van der Waals surface area (Å²) in [6, 6.07) is 3.29. The average Bonchev–Trinajstić information content (AvgIpc) is 2.42. The van der Waals surface area contributed by atoms with Gasteiger partial charge in [-0.25, -0.2) is 9.37 Å². The molecule has 0 bridgehead atoms. The minimum atomic E-state index is -0.663. The van der Waals surface area contributed by atoms with E-state index in [-0.39, 0.29) is 18.3 Å². The van der Waals surface area contributed by atoms with Gasteiger partial charge in [-0.2, -0.15) is 0 Å². The standard InChI is InChI=1S/C13H14FN5O.ClH/c1-8(15)13(20)19-10-3-2-9(14)6-11(10)18-12-7-16-4-5-17-12;/h2-8H,15H2,1H3,(H,17,18)(H,19,20);1H. The van der Waals surface area contributed by atoms with Gasteiger partial charge in [0.15, 0.2) is 0 Å². The first-order valence-corrected chi connectivity index (χ1v) is 5.95. The number of nitrogens with zero attached hydrogens (tertiary/aromatic N) is 2. The van der Waals surface area contributed by atoms with Crippen molar-refractivity contribution in [2.24, 2.45) is 5.73 Å². The number of benzene rings is 1. The number of aromatic nitrogens is 2. The molecule has 0 fully saturated rings. The third-order valence-electron chi connectivity index (χ3n) is 2.48. The molecule has 0 aliphatic carbocycles. The van der Waals surface area contributed by atoms with E-state index >= 15 is 0 Å². The number of nitrogens with one attached hydrogen (secondary N) is 2. The lowest BCUT2D eigenvalue weighted by Gasteiger charge is -2.13. The molecule has 1 atom stereocenters. The van der Waals surface area contributed by atoms with Crippen LogP contribution in [-0.4, -0.2) is 21.9 Å². The Kier molecular flexibility index (Phi) is 6.01. The Morgan fingerprint density at radius 3 is 2.71 bits per heavy atom. The summed E-state index contributed by atoms with van der Waals surface area (Å²) in [6.07, 6.45) is 4.51. The molecule has 0 aliphatic rings. The predicted molar refractivity (Wildman–Crippen MR) is 81.2 cm³/mol. The van der Waals surface area contributed by atoms with Crippen molar-refractivity contribution in [3.8, 4) is 0 Å². The molecule has 1 heterocycles.